The van der Waals surface area contributed by atoms with Gasteiger partial charge in [-0.3, -0.25) is 4.79 Å². The molecule has 0 radical (unpaired) electrons. The Morgan fingerprint density at radius 3 is 2.79 bits per heavy atom. The van der Waals surface area contributed by atoms with Gasteiger partial charge < -0.3 is 15.3 Å². The number of hydrogen-bond donors (Lipinski definition) is 2. The lowest BCUT2D eigenvalue weighted by atomic mass is 9.84. The fourth-order valence-electron chi connectivity index (χ4n) is 3.31. The van der Waals surface area contributed by atoms with Crippen LogP contribution < -0.4 is 5.32 Å². The van der Waals surface area contributed by atoms with Crippen LogP contribution in [0.25, 0.3) is 0 Å². The summed E-state index contributed by atoms with van der Waals surface area (Å²) in [6.45, 7) is 6.57. The Morgan fingerprint density at radius 1 is 1.58 bits per heavy atom. The molecule has 1 aliphatic carbocycles. The highest BCUT2D eigenvalue weighted by Crippen LogP contribution is 2.38. The number of rotatable bonds is 8. The van der Waals surface area contributed by atoms with Gasteiger partial charge in [0, 0.05) is 6.54 Å². The van der Waals surface area contributed by atoms with Crippen LogP contribution in [0, 0.1) is 11.8 Å². The van der Waals surface area contributed by atoms with Gasteiger partial charge >= 0.3 is 5.97 Å². The van der Waals surface area contributed by atoms with Crippen molar-refractivity contribution >= 4 is 5.97 Å². The summed E-state index contributed by atoms with van der Waals surface area (Å²) in [4.78, 5) is 13.9. The topological polar surface area (TPSA) is 52.6 Å². The van der Waals surface area contributed by atoms with Gasteiger partial charge in [-0.25, -0.2) is 0 Å². The van der Waals surface area contributed by atoms with E-state index in [1.54, 1.807) is 7.05 Å². The van der Waals surface area contributed by atoms with E-state index < -0.39 is 11.5 Å². The quantitative estimate of drug-likeness (QED) is 0.710. The molecule has 1 saturated carbocycles. The van der Waals surface area contributed by atoms with Crippen LogP contribution in [0.1, 0.15) is 46.0 Å². The first-order chi connectivity index (χ1) is 8.96. The molecule has 1 rings (SSSR count). The number of nitrogens with one attached hydrogen (secondary N) is 1. The lowest BCUT2D eigenvalue weighted by Crippen LogP contribution is -2.53. The summed E-state index contributed by atoms with van der Waals surface area (Å²) < 4.78 is 0. The molecule has 0 aromatic carbocycles. The molecule has 0 saturated heterocycles. The Labute approximate surface area is 117 Å². The smallest absolute Gasteiger partial charge is 0.324 e. The summed E-state index contributed by atoms with van der Waals surface area (Å²) in [5, 5.41) is 12.6. The normalized spacial score (nSPS) is 28.8. The van der Waals surface area contributed by atoms with Crippen molar-refractivity contribution in [2.75, 3.05) is 27.2 Å². The zero-order valence-corrected chi connectivity index (χ0v) is 12.9. The molecule has 0 aromatic heterocycles. The van der Waals surface area contributed by atoms with E-state index in [9.17, 15) is 9.90 Å². The second kappa shape index (κ2) is 7.25. The lowest BCUT2D eigenvalue weighted by Gasteiger charge is -2.32. The van der Waals surface area contributed by atoms with Crippen LogP contribution >= 0.6 is 0 Å². The molecule has 19 heavy (non-hydrogen) atoms. The zero-order chi connectivity index (χ0) is 14.5. The van der Waals surface area contributed by atoms with Gasteiger partial charge in [-0.1, -0.05) is 26.7 Å². The summed E-state index contributed by atoms with van der Waals surface area (Å²) in [5.74, 6) is 0.290. The average Bonchev–Trinajstić information content (AvgIpc) is 2.80. The minimum absolute atomic E-state index is 0.259. The van der Waals surface area contributed by atoms with Crippen LogP contribution in [0.4, 0.5) is 0 Å². The largest absolute Gasteiger partial charge is 0.480 e. The van der Waals surface area contributed by atoms with Crippen LogP contribution in [0.15, 0.2) is 0 Å². The van der Waals surface area contributed by atoms with Gasteiger partial charge in [0.15, 0.2) is 0 Å². The molecule has 2 N–H and O–H groups in total. The molecule has 4 heteroatoms. The van der Waals surface area contributed by atoms with Gasteiger partial charge in [-0.05, 0) is 51.7 Å². The number of carboxylic acids is 1. The predicted molar refractivity (Wildman–Crippen MR) is 78.3 cm³/mol. The molecule has 112 valence electrons. The molecular formula is C15H30N2O2. The lowest BCUT2D eigenvalue weighted by molar-refractivity contribution is -0.146. The molecule has 0 heterocycles. The van der Waals surface area contributed by atoms with Gasteiger partial charge in [0.25, 0.3) is 0 Å². The van der Waals surface area contributed by atoms with Crippen LogP contribution in [0.5, 0.6) is 0 Å². The van der Waals surface area contributed by atoms with Gasteiger partial charge in [0.05, 0.1) is 0 Å². The van der Waals surface area contributed by atoms with E-state index in [1.807, 2.05) is 0 Å². The molecule has 1 fully saturated rings. The van der Waals surface area contributed by atoms with Crippen molar-refractivity contribution in [2.45, 2.75) is 51.5 Å². The SMILES string of the molecule is CCC(C)CN(C)CCC1CCCC1(NC)C(=O)O. The van der Waals surface area contributed by atoms with Crippen LogP contribution in [0.3, 0.4) is 0 Å². The van der Waals surface area contributed by atoms with Crippen molar-refractivity contribution in [1.82, 2.24) is 10.2 Å². The second-order valence-corrected chi connectivity index (χ2v) is 6.18. The van der Waals surface area contributed by atoms with Gasteiger partial charge in [0.1, 0.15) is 5.54 Å². The van der Waals surface area contributed by atoms with E-state index in [1.165, 1.54) is 6.42 Å². The maximum Gasteiger partial charge on any atom is 0.324 e. The summed E-state index contributed by atoms with van der Waals surface area (Å²) in [7, 11) is 3.93. The van der Waals surface area contributed by atoms with Crippen molar-refractivity contribution in [1.29, 1.82) is 0 Å². The molecule has 1 aliphatic rings. The van der Waals surface area contributed by atoms with Crippen LogP contribution in [-0.4, -0.2) is 48.7 Å². The molecule has 0 aliphatic heterocycles. The van der Waals surface area contributed by atoms with Crippen LogP contribution in [-0.2, 0) is 4.79 Å². The minimum Gasteiger partial charge on any atom is -0.480 e. The third-order valence-corrected chi connectivity index (χ3v) is 4.83. The van der Waals surface area contributed by atoms with Crippen molar-refractivity contribution in [3.05, 3.63) is 0 Å². The van der Waals surface area contributed by atoms with E-state index in [0.29, 0.717) is 5.92 Å². The molecule has 3 atom stereocenters. The highest BCUT2D eigenvalue weighted by molar-refractivity contribution is 5.79. The Hall–Kier alpha value is -0.610. The molecule has 0 spiro atoms. The molecule has 0 amide bonds. The van der Waals surface area contributed by atoms with Gasteiger partial charge in [0.2, 0.25) is 0 Å². The average molecular weight is 270 g/mol. The van der Waals surface area contributed by atoms with E-state index in [-0.39, 0.29) is 5.92 Å². The molecule has 4 nitrogen and oxygen atoms in total. The number of hydrogen-bond acceptors (Lipinski definition) is 3. The van der Waals surface area contributed by atoms with E-state index in [4.69, 9.17) is 0 Å². The third kappa shape index (κ3) is 3.93. The Kier molecular flexibility index (Phi) is 6.27. The highest BCUT2D eigenvalue weighted by atomic mass is 16.4. The van der Waals surface area contributed by atoms with Crippen molar-refractivity contribution in [3.63, 3.8) is 0 Å². The highest BCUT2D eigenvalue weighted by Gasteiger charge is 2.47. The molecule has 0 aromatic rings. The Bertz CT molecular complexity index is 296. The summed E-state index contributed by atoms with van der Waals surface area (Å²) in [5.41, 5.74) is -0.683. The van der Waals surface area contributed by atoms with E-state index in [2.05, 4.69) is 31.1 Å². The first-order valence-corrected chi connectivity index (χ1v) is 7.57. The maximum atomic E-state index is 11.6. The van der Waals surface area contributed by atoms with E-state index >= 15 is 0 Å². The number of nitrogens with zero attached hydrogens (tertiary/aromatic N) is 1. The Balaban J connectivity index is 2.49. The zero-order valence-electron chi connectivity index (χ0n) is 12.9. The number of carbonyl (C=O) groups is 1. The summed E-state index contributed by atoms with van der Waals surface area (Å²) in [6, 6.07) is 0. The first kappa shape index (κ1) is 16.4. The first-order valence-electron chi connectivity index (χ1n) is 7.57. The van der Waals surface area contributed by atoms with Crippen molar-refractivity contribution in [3.8, 4) is 0 Å². The number of carboxylic acid groups (broad SMARTS) is 1. The van der Waals surface area contributed by atoms with Crippen LogP contribution in [0.2, 0.25) is 0 Å². The van der Waals surface area contributed by atoms with Gasteiger partial charge in [-0.15, -0.1) is 0 Å². The minimum atomic E-state index is -0.683. The van der Waals surface area contributed by atoms with Gasteiger partial charge in [-0.2, -0.15) is 0 Å². The number of likely N-dealkylation sites (N-methyl/N-ethyl adjacent to an activating group) is 1. The van der Waals surface area contributed by atoms with E-state index in [0.717, 1.165) is 38.8 Å². The predicted octanol–water partition coefficient (Wildman–Crippen LogP) is 2.20. The molecular weight excluding hydrogens is 240 g/mol. The number of aliphatic carboxylic acids is 1. The van der Waals surface area contributed by atoms with Crippen molar-refractivity contribution in [2.24, 2.45) is 11.8 Å². The fraction of sp³-hybridized carbons (Fsp3) is 0.933. The molecule has 0 bridgehead atoms. The monoisotopic (exact) mass is 270 g/mol. The fourth-order valence-corrected chi connectivity index (χ4v) is 3.31. The maximum absolute atomic E-state index is 11.6. The summed E-state index contributed by atoms with van der Waals surface area (Å²) >= 11 is 0. The second-order valence-electron chi connectivity index (χ2n) is 6.18. The summed E-state index contributed by atoms with van der Waals surface area (Å²) in [6.07, 6.45) is 4.99. The standard InChI is InChI=1S/C15H30N2O2/c1-5-12(2)11-17(4)10-8-13-7-6-9-15(13,16-3)14(18)19/h12-13,16H,5-11H2,1-4H3,(H,18,19). The molecule has 3 unspecified atom stereocenters. The Morgan fingerprint density at radius 2 is 2.26 bits per heavy atom. The third-order valence-electron chi connectivity index (χ3n) is 4.83. The van der Waals surface area contributed by atoms with Crippen molar-refractivity contribution < 1.29 is 9.90 Å².